The summed E-state index contributed by atoms with van der Waals surface area (Å²) in [5, 5.41) is 3.15. The third kappa shape index (κ3) is 3.37. The van der Waals surface area contributed by atoms with Gasteiger partial charge in [-0.2, -0.15) is 0 Å². The van der Waals surface area contributed by atoms with Gasteiger partial charge >= 0.3 is 0 Å². The molecule has 112 valence electrons. The second kappa shape index (κ2) is 6.94. The van der Waals surface area contributed by atoms with Crippen molar-refractivity contribution in [1.29, 1.82) is 0 Å². The van der Waals surface area contributed by atoms with Crippen LogP contribution in [0.25, 0.3) is 11.3 Å². The van der Waals surface area contributed by atoms with E-state index < -0.39 is 0 Å². The Morgan fingerprint density at radius 1 is 1.00 bits per heavy atom. The molecule has 0 saturated heterocycles. The fraction of sp³-hybridized carbons (Fsp3) is 0.211. The Bertz CT molecular complexity index is 700. The minimum atomic E-state index is 1.07. The molecule has 1 aromatic heterocycles. The molecule has 1 heterocycles. The summed E-state index contributed by atoms with van der Waals surface area (Å²) < 4.78 is 0. The van der Waals surface area contributed by atoms with Crippen molar-refractivity contribution in [1.82, 2.24) is 9.97 Å². The first-order valence-electron chi connectivity index (χ1n) is 7.70. The van der Waals surface area contributed by atoms with Gasteiger partial charge in [-0.25, -0.2) is 4.98 Å². The molecule has 0 atom stereocenters. The molecule has 3 rings (SSSR count). The molecule has 0 aliphatic carbocycles. The molecular weight excluding hydrogens is 270 g/mol. The molecule has 0 unspecified atom stereocenters. The van der Waals surface area contributed by atoms with Crippen LogP contribution in [0.4, 0.5) is 5.69 Å². The van der Waals surface area contributed by atoms with Crippen molar-refractivity contribution < 1.29 is 0 Å². The van der Waals surface area contributed by atoms with Crippen molar-refractivity contribution in [3.8, 4) is 11.3 Å². The maximum Gasteiger partial charge on any atom is 0.0924 e. The Morgan fingerprint density at radius 2 is 1.82 bits per heavy atom. The SMILES string of the molecule is CNc1ccc(CCCc2ccccc2-c2cnc[nH]2)cc1. The number of anilines is 1. The number of rotatable bonds is 6. The van der Waals surface area contributed by atoms with E-state index >= 15 is 0 Å². The summed E-state index contributed by atoms with van der Waals surface area (Å²) in [4.78, 5) is 7.32. The summed E-state index contributed by atoms with van der Waals surface area (Å²) in [5.41, 5.74) is 6.27. The van der Waals surface area contributed by atoms with Gasteiger partial charge in [0.05, 0.1) is 18.2 Å². The third-order valence-electron chi connectivity index (χ3n) is 3.96. The molecule has 22 heavy (non-hydrogen) atoms. The number of aromatic nitrogens is 2. The predicted molar refractivity (Wildman–Crippen MR) is 92.0 cm³/mol. The number of aryl methyl sites for hydroxylation is 2. The first-order chi connectivity index (χ1) is 10.9. The minimum Gasteiger partial charge on any atom is -0.388 e. The normalized spacial score (nSPS) is 10.6. The smallest absolute Gasteiger partial charge is 0.0924 e. The molecule has 0 aliphatic rings. The van der Waals surface area contributed by atoms with Crippen LogP contribution in [-0.4, -0.2) is 17.0 Å². The van der Waals surface area contributed by atoms with Crippen molar-refractivity contribution >= 4 is 5.69 Å². The fourth-order valence-electron chi connectivity index (χ4n) is 2.73. The number of nitrogens with zero attached hydrogens (tertiary/aromatic N) is 1. The van der Waals surface area contributed by atoms with E-state index in [0.717, 1.165) is 30.6 Å². The van der Waals surface area contributed by atoms with Crippen LogP contribution < -0.4 is 5.32 Å². The molecule has 3 aromatic rings. The average molecular weight is 291 g/mol. The Kier molecular flexibility index (Phi) is 4.54. The largest absolute Gasteiger partial charge is 0.388 e. The van der Waals surface area contributed by atoms with E-state index in [4.69, 9.17) is 0 Å². The fourth-order valence-corrected chi connectivity index (χ4v) is 2.73. The van der Waals surface area contributed by atoms with Gasteiger partial charge in [0.1, 0.15) is 0 Å². The number of hydrogen-bond acceptors (Lipinski definition) is 2. The summed E-state index contributed by atoms with van der Waals surface area (Å²) >= 11 is 0. The Morgan fingerprint density at radius 3 is 2.55 bits per heavy atom. The molecule has 0 bridgehead atoms. The zero-order valence-electron chi connectivity index (χ0n) is 12.8. The van der Waals surface area contributed by atoms with Crippen molar-refractivity contribution in [2.24, 2.45) is 0 Å². The minimum absolute atomic E-state index is 1.07. The number of H-pyrrole nitrogens is 1. The van der Waals surface area contributed by atoms with Gasteiger partial charge < -0.3 is 10.3 Å². The topological polar surface area (TPSA) is 40.7 Å². The van der Waals surface area contributed by atoms with Crippen molar-refractivity contribution in [3.05, 3.63) is 72.2 Å². The second-order valence-corrected chi connectivity index (χ2v) is 5.42. The van der Waals surface area contributed by atoms with Gasteiger partial charge in [0, 0.05) is 18.3 Å². The van der Waals surface area contributed by atoms with Crippen LogP contribution in [0.15, 0.2) is 61.1 Å². The lowest BCUT2D eigenvalue weighted by Gasteiger charge is -2.08. The van der Waals surface area contributed by atoms with E-state index in [0.29, 0.717) is 0 Å². The van der Waals surface area contributed by atoms with Gasteiger partial charge in [0.25, 0.3) is 0 Å². The maximum atomic E-state index is 4.12. The molecule has 0 saturated carbocycles. The number of hydrogen-bond donors (Lipinski definition) is 2. The highest BCUT2D eigenvalue weighted by molar-refractivity contribution is 5.62. The lowest BCUT2D eigenvalue weighted by Crippen LogP contribution is -1.94. The number of imidazole rings is 1. The zero-order chi connectivity index (χ0) is 15.2. The van der Waals surface area contributed by atoms with E-state index in [2.05, 4.69) is 63.8 Å². The van der Waals surface area contributed by atoms with Crippen molar-refractivity contribution in [3.63, 3.8) is 0 Å². The molecular formula is C19H21N3. The van der Waals surface area contributed by atoms with E-state index in [1.54, 1.807) is 6.33 Å². The summed E-state index contributed by atoms with van der Waals surface area (Å²) in [6.07, 6.45) is 6.93. The van der Waals surface area contributed by atoms with Crippen LogP contribution in [-0.2, 0) is 12.8 Å². The molecule has 0 spiro atoms. The van der Waals surface area contributed by atoms with Gasteiger partial charge in [-0.15, -0.1) is 0 Å². The molecule has 3 nitrogen and oxygen atoms in total. The predicted octanol–water partition coefficient (Wildman–Crippen LogP) is 4.29. The van der Waals surface area contributed by atoms with Gasteiger partial charge in [0.2, 0.25) is 0 Å². The van der Waals surface area contributed by atoms with Crippen LogP contribution in [0.2, 0.25) is 0 Å². The van der Waals surface area contributed by atoms with E-state index in [1.165, 1.54) is 16.7 Å². The highest BCUT2D eigenvalue weighted by Gasteiger charge is 2.05. The average Bonchev–Trinajstić information content (AvgIpc) is 3.10. The quantitative estimate of drug-likeness (QED) is 0.711. The van der Waals surface area contributed by atoms with Crippen LogP contribution in [0.1, 0.15) is 17.5 Å². The van der Waals surface area contributed by atoms with Gasteiger partial charge in [-0.1, -0.05) is 36.4 Å². The van der Waals surface area contributed by atoms with E-state index in [9.17, 15) is 0 Å². The highest BCUT2D eigenvalue weighted by atomic mass is 14.9. The van der Waals surface area contributed by atoms with Gasteiger partial charge in [-0.05, 0) is 42.5 Å². The first kappa shape index (κ1) is 14.4. The summed E-state index contributed by atoms with van der Waals surface area (Å²) in [5.74, 6) is 0. The lowest BCUT2D eigenvalue weighted by atomic mass is 9.98. The van der Waals surface area contributed by atoms with Crippen LogP contribution >= 0.6 is 0 Å². The van der Waals surface area contributed by atoms with Crippen LogP contribution in [0, 0.1) is 0 Å². The third-order valence-corrected chi connectivity index (χ3v) is 3.96. The standard InChI is InChI=1S/C19H21N3/c1-20-17-11-9-15(10-12-17)5-4-7-16-6-2-3-8-18(16)19-13-21-14-22-19/h2-3,6,8-14,20H,4-5,7H2,1H3,(H,21,22). The maximum absolute atomic E-state index is 4.12. The molecule has 2 aromatic carbocycles. The van der Waals surface area contributed by atoms with Crippen molar-refractivity contribution in [2.75, 3.05) is 12.4 Å². The molecule has 0 aliphatic heterocycles. The lowest BCUT2D eigenvalue weighted by molar-refractivity contribution is 0.821. The second-order valence-electron chi connectivity index (χ2n) is 5.42. The number of aromatic amines is 1. The molecule has 0 fully saturated rings. The van der Waals surface area contributed by atoms with Gasteiger partial charge in [-0.3, -0.25) is 0 Å². The monoisotopic (exact) mass is 291 g/mol. The van der Waals surface area contributed by atoms with E-state index in [1.807, 2.05) is 13.2 Å². The van der Waals surface area contributed by atoms with Gasteiger partial charge in [0.15, 0.2) is 0 Å². The molecule has 0 amide bonds. The Labute approximate surface area is 131 Å². The van der Waals surface area contributed by atoms with Crippen LogP contribution in [0.3, 0.4) is 0 Å². The first-order valence-corrected chi connectivity index (χ1v) is 7.70. The van der Waals surface area contributed by atoms with Crippen LogP contribution in [0.5, 0.6) is 0 Å². The Balaban J connectivity index is 1.64. The zero-order valence-corrected chi connectivity index (χ0v) is 12.8. The number of nitrogens with one attached hydrogen (secondary N) is 2. The van der Waals surface area contributed by atoms with Crippen molar-refractivity contribution in [2.45, 2.75) is 19.3 Å². The molecule has 2 N–H and O–H groups in total. The summed E-state index contributed by atoms with van der Waals surface area (Å²) in [6, 6.07) is 17.2. The highest BCUT2D eigenvalue weighted by Crippen LogP contribution is 2.23. The molecule has 3 heteroatoms. The summed E-state index contributed by atoms with van der Waals surface area (Å²) in [6.45, 7) is 0. The summed E-state index contributed by atoms with van der Waals surface area (Å²) in [7, 11) is 1.95. The van der Waals surface area contributed by atoms with E-state index in [-0.39, 0.29) is 0 Å². The molecule has 0 radical (unpaired) electrons. The Hall–Kier alpha value is -2.55. The number of benzene rings is 2.